The van der Waals surface area contributed by atoms with Gasteiger partial charge in [-0.05, 0) is 55.9 Å². The SMILES string of the molecule is C=C(C)c1ccc2c3ncc(/C(NN)=C(\C)N)cc3n(C(c3ccccc3)C3CCOCC3)c2c1CO. The van der Waals surface area contributed by atoms with Gasteiger partial charge in [-0.25, -0.2) is 0 Å². The van der Waals surface area contributed by atoms with E-state index >= 15 is 0 Å². The third-order valence-corrected chi connectivity index (χ3v) is 7.48. The van der Waals surface area contributed by atoms with Crippen molar-refractivity contribution in [3.8, 4) is 0 Å². The van der Waals surface area contributed by atoms with Gasteiger partial charge in [0.2, 0.25) is 0 Å². The average Bonchev–Trinajstić information content (AvgIpc) is 3.23. The van der Waals surface area contributed by atoms with Crippen LogP contribution in [0.15, 0.2) is 67.0 Å². The Kier molecular flexibility index (Phi) is 7.02. The maximum absolute atomic E-state index is 10.7. The molecule has 1 unspecified atom stereocenters. The van der Waals surface area contributed by atoms with E-state index in [2.05, 4.69) is 53.0 Å². The van der Waals surface area contributed by atoms with E-state index in [9.17, 15) is 5.11 Å². The van der Waals surface area contributed by atoms with Crippen LogP contribution in [0.2, 0.25) is 0 Å². The molecule has 1 aliphatic heterocycles. The van der Waals surface area contributed by atoms with Gasteiger partial charge in [-0.3, -0.25) is 10.8 Å². The van der Waals surface area contributed by atoms with Gasteiger partial charge in [0.15, 0.2) is 0 Å². The fourth-order valence-electron chi connectivity index (χ4n) is 5.79. The summed E-state index contributed by atoms with van der Waals surface area (Å²) in [6.45, 7) is 9.34. The number of aromatic nitrogens is 2. The number of fused-ring (bicyclic) bond motifs is 3. The van der Waals surface area contributed by atoms with E-state index in [-0.39, 0.29) is 12.6 Å². The van der Waals surface area contributed by atoms with Crippen LogP contribution in [0.5, 0.6) is 0 Å². The van der Waals surface area contributed by atoms with Gasteiger partial charge in [-0.1, -0.05) is 48.6 Å². The number of hydrogen-bond donors (Lipinski definition) is 4. The standard InChI is InChI=1S/C30H35N5O2/c1-18(2)23-9-10-24-28-26(15-22(16-33-28)27(34-32)19(3)31)35(30(24)25(23)17-36)29(20-7-5-4-6-8-20)21-11-13-37-14-12-21/h4-10,15-16,21,29,34,36H,1,11-14,17,31-32H2,2-3H3/b27-19-. The third-order valence-electron chi connectivity index (χ3n) is 7.48. The Hall–Kier alpha value is -3.65. The molecule has 192 valence electrons. The first-order valence-corrected chi connectivity index (χ1v) is 12.7. The second-order valence-electron chi connectivity index (χ2n) is 9.90. The summed E-state index contributed by atoms with van der Waals surface area (Å²) in [7, 11) is 0. The van der Waals surface area contributed by atoms with E-state index in [1.54, 1.807) is 6.20 Å². The van der Waals surface area contributed by atoms with Crippen molar-refractivity contribution < 1.29 is 9.84 Å². The Bertz CT molecular complexity index is 1480. The summed E-state index contributed by atoms with van der Waals surface area (Å²) in [5.41, 5.74) is 17.7. The number of nitrogens with two attached hydrogens (primary N) is 2. The van der Waals surface area contributed by atoms with Gasteiger partial charge in [0.25, 0.3) is 0 Å². The summed E-state index contributed by atoms with van der Waals surface area (Å²) < 4.78 is 8.13. The minimum absolute atomic E-state index is 0.0186. The molecule has 1 saturated heterocycles. The molecule has 0 saturated carbocycles. The van der Waals surface area contributed by atoms with E-state index in [0.29, 0.717) is 17.3 Å². The molecule has 6 N–H and O–H groups in total. The fraction of sp³-hybridized carbons (Fsp3) is 0.300. The van der Waals surface area contributed by atoms with E-state index < -0.39 is 0 Å². The molecule has 2 aromatic carbocycles. The Morgan fingerprint density at radius 3 is 2.54 bits per heavy atom. The summed E-state index contributed by atoms with van der Waals surface area (Å²) in [5, 5.41) is 11.7. The quantitative estimate of drug-likeness (QED) is 0.215. The lowest BCUT2D eigenvalue weighted by Gasteiger charge is -2.33. The lowest BCUT2D eigenvalue weighted by Crippen LogP contribution is -2.27. The van der Waals surface area contributed by atoms with Gasteiger partial charge in [0.1, 0.15) is 0 Å². The summed E-state index contributed by atoms with van der Waals surface area (Å²) in [5.74, 6) is 6.20. The summed E-state index contributed by atoms with van der Waals surface area (Å²) >= 11 is 0. The van der Waals surface area contributed by atoms with Gasteiger partial charge in [-0.2, -0.15) is 0 Å². The maximum Gasteiger partial charge on any atom is 0.0960 e. The van der Waals surface area contributed by atoms with Crippen LogP contribution in [0.3, 0.4) is 0 Å². The molecular weight excluding hydrogens is 462 g/mol. The van der Waals surface area contributed by atoms with Crippen LogP contribution in [-0.4, -0.2) is 27.9 Å². The van der Waals surface area contributed by atoms with Gasteiger partial charge < -0.3 is 25.6 Å². The van der Waals surface area contributed by atoms with Crippen LogP contribution < -0.4 is 17.0 Å². The van der Waals surface area contributed by atoms with Crippen molar-refractivity contribution in [2.75, 3.05) is 13.2 Å². The van der Waals surface area contributed by atoms with Crippen LogP contribution in [-0.2, 0) is 11.3 Å². The number of ether oxygens (including phenoxy) is 1. The molecule has 1 aliphatic rings. The van der Waals surface area contributed by atoms with Crippen molar-refractivity contribution in [3.63, 3.8) is 0 Å². The van der Waals surface area contributed by atoms with E-state index in [1.807, 2.05) is 26.0 Å². The highest BCUT2D eigenvalue weighted by Gasteiger charge is 2.31. The highest BCUT2D eigenvalue weighted by atomic mass is 16.5. The summed E-state index contributed by atoms with van der Waals surface area (Å²) in [4.78, 5) is 4.92. The van der Waals surface area contributed by atoms with Gasteiger partial charge in [-0.15, -0.1) is 0 Å². The monoisotopic (exact) mass is 497 g/mol. The van der Waals surface area contributed by atoms with Crippen LogP contribution >= 0.6 is 0 Å². The molecule has 4 aromatic rings. The van der Waals surface area contributed by atoms with Crippen LogP contribution in [0, 0.1) is 5.92 Å². The van der Waals surface area contributed by atoms with Crippen molar-refractivity contribution >= 4 is 33.2 Å². The molecule has 0 aliphatic carbocycles. The number of rotatable bonds is 7. The predicted octanol–water partition coefficient (Wildman–Crippen LogP) is 4.84. The van der Waals surface area contributed by atoms with Crippen LogP contribution in [0.1, 0.15) is 55.0 Å². The summed E-state index contributed by atoms with van der Waals surface area (Å²) in [6, 6.07) is 16.9. The smallest absolute Gasteiger partial charge is 0.0960 e. The maximum atomic E-state index is 10.7. The molecule has 1 atom stereocenters. The van der Waals surface area contributed by atoms with Crippen molar-refractivity contribution in [3.05, 3.63) is 89.3 Å². The van der Waals surface area contributed by atoms with Crippen molar-refractivity contribution in [2.45, 2.75) is 39.3 Å². The zero-order valence-electron chi connectivity index (χ0n) is 21.5. The topological polar surface area (TPSA) is 111 Å². The molecule has 0 spiro atoms. The first-order valence-electron chi connectivity index (χ1n) is 12.7. The number of nitrogens with zero attached hydrogens (tertiary/aromatic N) is 2. The van der Waals surface area contributed by atoms with Gasteiger partial charge in [0.05, 0.1) is 34.9 Å². The molecule has 5 rings (SSSR count). The van der Waals surface area contributed by atoms with E-state index in [4.69, 9.17) is 21.3 Å². The molecule has 7 nitrogen and oxygen atoms in total. The highest BCUT2D eigenvalue weighted by molar-refractivity contribution is 6.08. The minimum atomic E-state index is -0.102. The number of allylic oxidation sites excluding steroid dienone is 2. The van der Waals surface area contributed by atoms with Crippen molar-refractivity contribution in [1.82, 2.24) is 15.0 Å². The molecular formula is C30H35N5O2. The van der Waals surface area contributed by atoms with Gasteiger partial charge >= 0.3 is 0 Å². The minimum Gasteiger partial charge on any atom is -0.401 e. The lowest BCUT2D eigenvalue weighted by molar-refractivity contribution is 0.0552. The zero-order valence-corrected chi connectivity index (χ0v) is 21.5. The number of aliphatic hydroxyl groups is 1. The number of hydrazine groups is 1. The zero-order chi connectivity index (χ0) is 26.1. The molecule has 2 aromatic heterocycles. The second-order valence-corrected chi connectivity index (χ2v) is 9.90. The van der Waals surface area contributed by atoms with E-state index in [1.165, 1.54) is 5.56 Å². The van der Waals surface area contributed by atoms with Gasteiger partial charge in [0, 0.05) is 41.6 Å². The van der Waals surface area contributed by atoms with Crippen LogP contribution in [0.4, 0.5) is 0 Å². The molecule has 0 radical (unpaired) electrons. The lowest BCUT2D eigenvalue weighted by atomic mass is 9.86. The number of pyridine rings is 1. The largest absolute Gasteiger partial charge is 0.401 e. The first-order chi connectivity index (χ1) is 18.0. The normalized spacial score (nSPS) is 16.1. The average molecular weight is 498 g/mol. The van der Waals surface area contributed by atoms with Crippen molar-refractivity contribution in [2.24, 2.45) is 17.5 Å². The molecule has 0 amide bonds. The predicted molar refractivity (Wildman–Crippen MR) is 150 cm³/mol. The summed E-state index contributed by atoms with van der Waals surface area (Å²) in [6.07, 6.45) is 3.69. The molecule has 3 heterocycles. The van der Waals surface area contributed by atoms with Crippen LogP contribution in [0.25, 0.3) is 33.2 Å². The Morgan fingerprint density at radius 1 is 1.19 bits per heavy atom. The number of hydrogen-bond acceptors (Lipinski definition) is 6. The number of aliphatic hydroxyl groups excluding tert-OH is 1. The number of nitrogens with one attached hydrogen (secondary N) is 1. The fourth-order valence-corrected chi connectivity index (χ4v) is 5.79. The third kappa shape index (κ3) is 4.39. The molecule has 7 heteroatoms. The second kappa shape index (κ2) is 10.4. The Labute approximate surface area is 217 Å². The Morgan fingerprint density at radius 2 is 1.92 bits per heavy atom. The highest BCUT2D eigenvalue weighted by Crippen LogP contribution is 2.42. The first kappa shape index (κ1) is 25.0. The number of benzene rings is 2. The molecule has 37 heavy (non-hydrogen) atoms. The molecule has 1 fully saturated rings. The van der Waals surface area contributed by atoms with E-state index in [0.717, 1.165) is 70.3 Å². The molecule has 0 bridgehead atoms. The Balaban J connectivity index is 1.93. The van der Waals surface area contributed by atoms with Crippen molar-refractivity contribution in [1.29, 1.82) is 0 Å².